The highest BCUT2D eigenvalue weighted by Crippen LogP contribution is 2.18. The van der Waals surface area contributed by atoms with Gasteiger partial charge in [-0.15, -0.1) is 0 Å². The third-order valence-corrected chi connectivity index (χ3v) is 2.79. The summed E-state index contributed by atoms with van der Waals surface area (Å²) >= 11 is 0. The molecule has 0 unspecified atom stereocenters. The van der Waals surface area contributed by atoms with E-state index in [1.807, 2.05) is 37.3 Å². The molecule has 0 aliphatic rings. The molecule has 96 valence electrons. The average Bonchev–Trinajstić information content (AvgIpc) is 2.45. The zero-order valence-electron chi connectivity index (χ0n) is 11.0. The fraction of sp³-hybridized carbons (Fsp3) is 0.200. The Balaban J connectivity index is 2.14. The Bertz CT molecular complexity index is 617. The predicted molar refractivity (Wildman–Crippen MR) is 74.0 cm³/mol. The number of pyridine rings is 1. The third-order valence-electron chi connectivity index (χ3n) is 2.79. The molecule has 19 heavy (non-hydrogen) atoms. The highest BCUT2D eigenvalue weighted by Gasteiger charge is 2.03. The zero-order valence-corrected chi connectivity index (χ0v) is 11.0. The number of ether oxygens (including phenoxy) is 1. The van der Waals surface area contributed by atoms with Gasteiger partial charge in [0.15, 0.2) is 0 Å². The first-order valence-corrected chi connectivity index (χ1v) is 5.96. The number of benzene rings is 1. The van der Waals surface area contributed by atoms with Crippen LogP contribution in [0.25, 0.3) is 0 Å². The van der Waals surface area contributed by atoms with E-state index in [2.05, 4.69) is 16.4 Å². The third kappa shape index (κ3) is 3.23. The minimum atomic E-state index is 0.587. The van der Waals surface area contributed by atoms with Crippen LogP contribution in [0.3, 0.4) is 0 Å². The van der Waals surface area contributed by atoms with Crippen LogP contribution in [0, 0.1) is 18.3 Å². The van der Waals surface area contributed by atoms with E-state index in [1.165, 1.54) is 0 Å². The first kappa shape index (κ1) is 12.9. The van der Waals surface area contributed by atoms with Gasteiger partial charge in [-0.05, 0) is 36.2 Å². The number of methoxy groups -OCH3 is 1. The molecule has 0 radical (unpaired) electrons. The van der Waals surface area contributed by atoms with E-state index < -0.39 is 0 Å². The van der Waals surface area contributed by atoms with Crippen molar-refractivity contribution in [3.63, 3.8) is 0 Å². The van der Waals surface area contributed by atoms with Gasteiger partial charge in [-0.1, -0.05) is 6.07 Å². The molecule has 1 heterocycles. The van der Waals surface area contributed by atoms with Crippen molar-refractivity contribution in [3.8, 4) is 11.9 Å². The van der Waals surface area contributed by atoms with E-state index >= 15 is 0 Å². The normalized spacial score (nSPS) is 9.74. The van der Waals surface area contributed by atoms with E-state index in [4.69, 9.17) is 10.00 Å². The molecular formula is C15H15N3O. The van der Waals surface area contributed by atoms with Crippen LogP contribution in [0.4, 0.5) is 5.69 Å². The maximum Gasteiger partial charge on any atom is 0.213 e. The van der Waals surface area contributed by atoms with Gasteiger partial charge in [0, 0.05) is 18.8 Å². The van der Waals surface area contributed by atoms with Gasteiger partial charge in [0.25, 0.3) is 0 Å². The smallest absolute Gasteiger partial charge is 0.213 e. The molecule has 2 rings (SSSR count). The van der Waals surface area contributed by atoms with Gasteiger partial charge in [-0.3, -0.25) is 0 Å². The molecule has 1 aromatic carbocycles. The second kappa shape index (κ2) is 5.87. The number of aromatic nitrogens is 1. The van der Waals surface area contributed by atoms with Crippen molar-refractivity contribution >= 4 is 5.69 Å². The van der Waals surface area contributed by atoms with Crippen molar-refractivity contribution < 1.29 is 4.74 Å². The molecule has 0 amide bonds. The van der Waals surface area contributed by atoms with Crippen LogP contribution in [0.1, 0.15) is 16.7 Å². The van der Waals surface area contributed by atoms with Gasteiger partial charge in [-0.2, -0.15) is 5.26 Å². The summed E-state index contributed by atoms with van der Waals surface area (Å²) in [6.07, 6.45) is 1.71. The van der Waals surface area contributed by atoms with Crippen molar-refractivity contribution in [2.24, 2.45) is 0 Å². The average molecular weight is 253 g/mol. The Morgan fingerprint density at radius 3 is 2.89 bits per heavy atom. The van der Waals surface area contributed by atoms with Crippen molar-refractivity contribution in [3.05, 3.63) is 53.2 Å². The van der Waals surface area contributed by atoms with Crippen LogP contribution >= 0.6 is 0 Å². The number of rotatable bonds is 4. The number of aryl methyl sites for hydroxylation is 1. The number of nitrogens with zero attached hydrogens (tertiary/aromatic N) is 2. The molecule has 0 saturated heterocycles. The van der Waals surface area contributed by atoms with Crippen LogP contribution in [-0.4, -0.2) is 12.1 Å². The fourth-order valence-electron chi connectivity index (χ4n) is 1.77. The lowest BCUT2D eigenvalue weighted by Crippen LogP contribution is -2.02. The Morgan fingerprint density at radius 2 is 2.16 bits per heavy atom. The lowest BCUT2D eigenvalue weighted by Gasteiger charge is -2.09. The number of hydrogen-bond donors (Lipinski definition) is 1. The maximum absolute atomic E-state index is 9.07. The summed E-state index contributed by atoms with van der Waals surface area (Å²) in [4.78, 5) is 4.06. The molecule has 1 N–H and O–H groups in total. The quantitative estimate of drug-likeness (QED) is 0.910. The highest BCUT2D eigenvalue weighted by molar-refractivity contribution is 5.59. The van der Waals surface area contributed by atoms with Crippen LogP contribution in [0.2, 0.25) is 0 Å². The highest BCUT2D eigenvalue weighted by atomic mass is 16.5. The van der Waals surface area contributed by atoms with Crippen LogP contribution < -0.4 is 10.1 Å². The molecule has 0 fully saturated rings. The summed E-state index contributed by atoms with van der Waals surface area (Å²) < 4.78 is 5.08. The standard InChI is InChI=1S/C15H15N3O/c1-11-3-4-13(9-16)14(7-11)18-10-12-5-6-17-15(8-12)19-2/h3-8,18H,10H2,1-2H3. The molecule has 0 saturated carbocycles. The van der Waals surface area contributed by atoms with Gasteiger partial charge in [0.1, 0.15) is 6.07 Å². The van der Waals surface area contributed by atoms with Crippen molar-refractivity contribution in [1.29, 1.82) is 5.26 Å². The number of nitrogens with one attached hydrogen (secondary N) is 1. The van der Waals surface area contributed by atoms with Crippen LogP contribution in [0.5, 0.6) is 5.88 Å². The number of hydrogen-bond acceptors (Lipinski definition) is 4. The number of nitriles is 1. The summed E-state index contributed by atoms with van der Waals surface area (Å²) in [5.74, 6) is 0.587. The molecule has 0 aliphatic carbocycles. The Kier molecular flexibility index (Phi) is 3.99. The van der Waals surface area contributed by atoms with E-state index in [9.17, 15) is 0 Å². The largest absolute Gasteiger partial charge is 0.481 e. The van der Waals surface area contributed by atoms with Crippen LogP contribution in [-0.2, 0) is 6.54 Å². The van der Waals surface area contributed by atoms with Crippen molar-refractivity contribution in [2.75, 3.05) is 12.4 Å². The Hall–Kier alpha value is -2.54. The topological polar surface area (TPSA) is 57.9 Å². The van der Waals surface area contributed by atoms with Gasteiger partial charge in [0.05, 0.1) is 18.4 Å². The molecule has 0 aliphatic heterocycles. The fourth-order valence-corrected chi connectivity index (χ4v) is 1.77. The summed E-state index contributed by atoms with van der Waals surface area (Å²) in [5, 5.41) is 12.3. The summed E-state index contributed by atoms with van der Waals surface area (Å²) in [6, 6.07) is 11.7. The van der Waals surface area contributed by atoms with E-state index in [0.717, 1.165) is 16.8 Å². The molecule has 4 nitrogen and oxygen atoms in total. The van der Waals surface area contributed by atoms with E-state index in [-0.39, 0.29) is 0 Å². The van der Waals surface area contributed by atoms with Crippen LogP contribution in [0.15, 0.2) is 36.5 Å². The van der Waals surface area contributed by atoms with Gasteiger partial charge in [0.2, 0.25) is 5.88 Å². The van der Waals surface area contributed by atoms with Gasteiger partial charge >= 0.3 is 0 Å². The molecule has 0 bridgehead atoms. The van der Waals surface area contributed by atoms with Crippen molar-refractivity contribution in [2.45, 2.75) is 13.5 Å². The lowest BCUT2D eigenvalue weighted by molar-refractivity contribution is 0.397. The summed E-state index contributed by atoms with van der Waals surface area (Å²) in [7, 11) is 1.59. The van der Waals surface area contributed by atoms with Gasteiger partial charge < -0.3 is 10.1 Å². The minimum Gasteiger partial charge on any atom is -0.481 e. The summed E-state index contributed by atoms with van der Waals surface area (Å²) in [5.41, 5.74) is 3.66. The lowest BCUT2D eigenvalue weighted by atomic mass is 10.1. The minimum absolute atomic E-state index is 0.587. The monoisotopic (exact) mass is 253 g/mol. The second-order valence-corrected chi connectivity index (χ2v) is 4.22. The Morgan fingerprint density at radius 1 is 1.32 bits per heavy atom. The maximum atomic E-state index is 9.07. The van der Waals surface area contributed by atoms with Crippen molar-refractivity contribution in [1.82, 2.24) is 4.98 Å². The molecule has 2 aromatic rings. The predicted octanol–water partition coefficient (Wildman–Crippen LogP) is 2.88. The molecule has 0 atom stereocenters. The SMILES string of the molecule is COc1cc(CNc2cc(C)ccc2C#N)ccn1. The first-order valence-electron chi connectivity index (χ1n) is 5.96. The van der Waals surface area contributed by atoms with Gasteiger partial charge in [-0.25, -0.2) is 4.98 Å². The molecule has 4 heteroatoms. The second-order valence-electron chi connectivity index (χ2n) is 4.22. The molecule has 1 aromatic heterocycles. The molecular weight excluding hydrogens is 238 g/mol. The first-order chi connectivity index (χ1) is 9.22. The number of anilines is 1. The summed E-state index contributed by atoms with van der Waals surface area (Å²) in [6.45, 7) is 2.62. The Labute approximate surface area is 112 Å². The van der Waals surface area contributed by atoms with E-state index in [1.54, 1.807) is 13.3 Å². The molecule has 0 spiro atoms. The zero-order chi connectivity index (χ0) is 13.7. The van der Waals surface area contributed by atoms with E-state index in [0.29, 0.717) is 18.0 Å².